The second-order valence-corrected chi connectivity index (χ2v) is 7.74. The number of anilines is 1. The van der Waals surface area contributed by atoms with Crippen molar-refractivity contribution in [1.82, 2.24) is 0 Å². The molecule has 4 rings (SSSR count). The highest BCUT2D eigenvalue weighted by Crippen LogP contribution is 2.57. The molecule has 1 heterocycles. The fraction of sp³-hybridized carbons (Fsp3) is 0.231. The predicted octanol–water partition coefficient (Wildman–Crippen LogP) is 3.39. The van der Waals surface area contributed by atoms with E-state index in [9.17, 15) is 14.7 Å². The number of para-hydroxylation sites is 1. The highest BCUT2D eigenvalue weighted by Gasteiger charge is 2.70. The van der Waals surface area contributed by atoms with Crippen LogP contribution in [0.3, 0.4) is 0 Å². The normalized spacial score (nSPS) is 24.7. The average molecular weight is 431 g/mol. The van der Waals surface area contributed by atoms with E-state index in [1.54, 1.807) is 65.6 Å². The molecule has 1 saturated heterocycles. The molecule has 3 aromatic rings. The van der Waals surface area contributed by atoms with Crippen LogP contribution >= 0.6 is 0 Å². The van der Waals surface area contributed by atoms with Gasteiger partial charge in [0.05, 0.1) is 14.2 Å². The lowest BCUT2D eigenvalue weighted by Crippen LogP contribution is -2.61. The molecule has 32 heavy (non-hydrogen) atoms. The van der Waals surface area contributed by atoms with E-state index in [2.05, 4.69) is 0 Å². The third-order valence-corrected chi connectivity index (χ3v) is 6.19. The first-order valence-electron chi connectivity index (χ1n) is 10.3. The third kappa shape index (κ3) is 3.07. The number of hydrogen-bond donors (Lipinski definition) is 1. The summed E-state index contributed by atoms with van der Waals surface area (Å²) in [5.41, 5.74) is -1.94. The minimum Gasteiger partial charge on any atom is -0.467 e. The molecule has 0 amide bonds. The Morgan fingerprint density at radius 1 is 0.812 bits per heavy atom. The molecule has 6 nitrogen and oxygen atoms in total. The molecule has 0 radical (unpaired) electrons. The smallest absolute Gasteiger partial charge is 0.339 e. The van der Waals surface area contributed by atoms with Crippen LogP contribution in [0, 0.1) is 0 Å². The Morgan fingerprint density at radius 3 is 1.81 bits per heavy atom. The SMILES string of the molecule is COC(=O)C1CC(O)(c2ccccc2)C(C(=O)OC)(c2ccccc2)N1c1ccccc1. The Bertz CT molecular complexity index is 1090. The van der Waals surface area contributed by atoms with Crippen LogP contribution in [-0.2, 0) is 30.2 Å². The first kappa shape index (κ1) is 21.6. The Labute approximate surface area is 187 Å². The fourth-order valence-electron chi connectivity index (χ4n) is 4.87. The zero-order valence-electron chi connectivity index (χ0n) is 18.0. The maximum atomic E-state index is 13.8. The van der Waals surface area contributed by atoms with Crippen molar-refractivity contribution in [3.8, 4) is 0 Å². The maximum Gasteiger partial charge on any atom is 0.339 e. The summed E-state index contributed by atoms with van der Waals surface area (Å²) in [6, 6.07) is 26.0. The summed E-state index contributed by atoms with van der Waals surface area (Å²) < 4.78 is 10.4. The number of benzene rings is 3. The van der Waals surface area contributed by atoms with Gasteiger partial charge in [-0.3, -0.25) is 0 Å². The zero-order chi connectivity index (χ0) is 22.8. The highest BCUT2D eigenvalue weighted by molar-refractivity contribution is 5.95. The van der Waals surface area contributed by atoms with Crippen molar-refractivity contribution in [2.24, 2.45) is 0 Å². The summed E-state index contributed by atoms with van der Waals surface area (Å²) in [5.74, 6) is -1.23. The van der Waals surface area contributed by atoms with Gasteiger partial charge >= 0.3 is 11.9 Å². The summed E-state index contributed by atoms with van der Waals surface area (Å²) in [5, 5.41) is 12.4. The number of carbonyl (C=O) groups excluding carboxylic acids is 2. The number of carbonyl (C=O) groups is 2. The van der Waals surface area contributed by atoms with Gasteiger partial charge in [-0.25, -0.2) is 9.59 Å². The van der Waals surface area contributed by atoms with Crippen molar-refractivity contribution in [3.05, 3.63) is 102 Å². The first-order valence-corrected chi connectivity index (χ1v) is 10.3. The number of esters is 2. The van der Waals surface area contributed by atoms with Crippen LogP contribution < -0.4 is 4.90 Å². The predicted molar refractivity (Wildman–Crippen MR) is 120 cm³/mol. The summed E-state index contributed by atoms with van der Waals surface area (Å²) in [6.45, 7) is 0. The Balaban J connectivity index is 2.13. The molecule has 6 heteroatoms. The second kappa shape index (κ2) is 8.48. The molecule has 0 aliphatic carbocycles. The summed E-state index contributed by atoms with van der Waals surface area (Å²) in [7, 11) is 2.58. The van der Waals surface area contributed by atoms with Crippen LogP contribution in [0.4, 0.5) is 5.69 Å². The topological polar surface area (TPSA) is 76.1 Å². The van der Waals surface area contributed by atoms with Gasteiger partial charge in [0.25, 0.3) is 0 Å². The van der Waals surface area contributed by atoms with Gasteiger partial charge in [0.2, 0.25) is 0 Å². The van der Waals surface area contributed by atoms with E-state index >= 15 is 0 Å². The Hall–Kier alpha value is -3.64. The van der Waals surface area contributed by atoms with E-state index in [-0.39, 0.29) is 6.42 Å². The standard InChI is InChI=1S/C26H25NO5/c1-31-23(28)22-18-25(30,19-12-6-3-7-13-19)26(24(29)32-2,20-14-8-4-9-15-20)27(22)21-16-10-5-11-17-21/h3-17,22,30H,18H2,1-2H3. The van der Waals surface area contributed by atoms with Crippen molar-refractivity contribution in [1.29, 1.82) is 0 Å². The molecule has 1 aliphatic rings. The van der Waals surface area contributed by atoms with E-state index in [4.69, 9.17) is 9.47 Å². The number of ether oxygens (including phenoxy) is 2. The number of methoxy groups -OCH3 is 2. The molecule has 1 aliphatic heterocycles. The number of nitrogens with zero attached hydrogens (tertiary/aromatic N) is 1. The minimum atomic E-state index is -1.79. The van der Waals surface area contributed by atoms with Gasteiger partial charge < -0.3 is 19.5 Å². The first-order chi connectivity index (χ1) is 15.5. The molecule has 0 bridgehead atoms. The average Bonchev–Trinajstić information content (AvgIpc) is 3.15. The molecular formula is C26H25NO5. The zero-order valence-corrected chi connectivity index (χ0v) is 18.0. The molecule has 0 aromatic heterocycles. The molecular weight excluding hydrogens is 406 g/mol. The van der Waals surface area contributed by atoms with Crippen molar-refractivity contribution in [2.75, 3.05) is 19.1 Å². The molecule has 1 fully saturated rings. The van der Waals surface area contributed by atoms with Crippen LogP contribution in [0.2, 0.25) is 0 Å². The summed E-state index contributed by atoms with van der Waals surface area (Å²) >= 11 is 0. The Morgan fingerprint density at radius 2 is 1.31 bits per heavy atom. The highest BCUT2D eigenvalue weighted by atomic mass is 16.5. The van der Waals surface area contributed by atoms with E-state index in [0.29, 0.717) is 16.8 Å². The van der Waals surface area contributed by atoms with Crippen LogP contribution in [0.15, 0.2) is 91.0 Å². The monoisotopic (exact) mass is 431 g/mol. The van der Waals surface area contributed by atoms with Gasteiger partial charge in [0.1, 0.15) is 11.6 Å². The van der Waals surface area contributed by atoms with Gasteiger partial charge in [0.15, 0.2) is 5.54 Å². The second-order valence-electron chi connectivity index (χ2n) is 7.74. The fourth-order valence-corrected chi connectivity index (χ4v) is 4.87. The molecule has 0 saturated carbocycles. The van der Waals surface area contributed by atoms with Gasteiger partial charge in [-0.15, -0.1) is 0 Å². The van der Waals surface area contributed by atoms with Crippen LogP contribution in [0.1, 0.15) is 17.5 Å². The van der Waals surface area contributed by atoms with E-state index in [1.165, 1.54) is 14.2 Å². The van der Waals surface area contributed by atoms with Crippen molar-refractivity contribution in [2.45, 2.75) is 23.6 Å². The van der Waals surface area contributed by atoms with E-state index < -0.39 is 29.1 Å². The number of aliphatic hydroxyl groups is 1. The molecule has 164 valence electrons. The van der Waals surface area contributed by atoms with Gasteiger partial charge in [-0.05, 0) is 23.3 Å². The van der Waals surface area contributed by atoms with Crippen molar-refractivity contribution >= 4 is 17.6 Å². The number of hydrogen-bond acceptors (Lipinski definition) is 6. The molecule has 0 spiro atoms. The molecule has 3 unspecified atom stereocenters. The quantitative estimate of drug-likeness (QED) is 0.624. The summed E-state index contributed by atoms with van der Waals surface area (Å²) in [6.07, 6.45) is -0.0669. The molecule has 1 N–H and O–H groups in total. The van der Waals surface area contributed by atoms with Gasteiger partial charge in [-0.2, -0.15) is 0 Å². The van der Waals surface area contributed by atoms with Crippen molar-refractivity contribution in [3.63, 3.8) is 0 Å². The largest absolute Gasteiger partial charge is 0.467 e. The van der Waals surface area contributed by atoms with Crippen LogP contribution in [0.25, 0.3) is 0 Å². The van der Waals surface area contributed by atoms with Crippen molar-refractivity contribution < 1.29 is 24.2 Å². The third-order valence-electron chi connectivity index (χ3n) is 6.19. The maximum absolute atomic E-state index is 13.8. The van der Waals surface area contributed by atoms with Gasteiger partial charge in [0, 0.05) is 12.1 Å². The lowest BCUT2D eigenvalue weighted by atomic mass is 9.71. The summed E-state index contributed by atoms with van der Waals surface area (Å²) in [4.78, 5) is 28.5. The molecule has 3 atom stereocenters. The number of rotatable bonds is 5. The van der Waals surface area contributed by atoms with Crippen LogP contribution in [0.5, 0.6) is 0 Å². The lowest BCUT2D eigenvalue weighted by Gasteiger charge is -2.46. The van der Waals surface area contributed by atoms with E-state index in [0.717, 1.165) is 0 Å². The van der Waals surface area contributed by atoms with Crippen LogP contribution in [-0.4, -0.2) is 37.3 Å². The molecule has 3 aromatic carbocycles. The van der Waals surface area contributed by atoms with Gasteiger partial charge in [-0.1, -0.05) is 78.9 Å². The minimum absolute atomic E-state index is 0.0669. The van der Waals surface area contributed by atoms with E-state index in [1.807, 2.05) is 30.3 Å². The Kier molecular flexibility index (Phi) is 5.72. The lowest BCUT2D eigenvalue weighted by molar-refractivity contribution is -0.158.